The van der Waals surface area contributed by atoms with E-state index in [0.717, 1.165) is 47.3 Å². The van der Waals surface area contributed by atoms with Crippen LogP contribution in [0.4, 0.5) is 10.5 Å². The molecule has 1 unspecified atom stereocenters. The second kappa shape index (κ2) is 12.0. The fourth-order valence-electron chi connectivity index (χ4n) is 5.29. The van der Waals surface area contributed by atoms with Crippen LogP contribution in [0.3, 0.4) is 0 Å². The zero-order chi connectivity index (χ0) is 27.2. The van der Waals surface area contributed by atoms with E-state index >= 15 is 0 Å². The number of anilines is 1. The fraction of sp³-hybridized carbons (Fsp3) is 0.290. The van der Waals surface area contributed by atoms with E-state index in [1.165, 1.54) is 11.1 Å². The highest BCUT2D eigenvalue weighted by molar-refractivity contribution is 6.00. The summed E-state index contributed by atoms with van der Waals surface area (Å²) >= 11 is 0. The van der Waals surface area contributed by atoms with Crippen molar-refractivity contribution in [2.24, 2.45) is 0 Å². The maximum Gasteiger partial charge on any atom is 0.319 e. The van der Waals surface area contributed by atoms with E-state index < -0.39 is 0 Å². The van der Waals surface area contributed by atoms with E-state index in [-0.39, 0.29) is 12.1 Å². The van der Waals surface area contributed by atoms with Crippen molar-refractivity contribution in [3.8, 4) is 17.2 Å². The molecule has 0 aliphatic carbocycles. The number of benzene rings is 3. The molecule has 39 heavy (non-hydrogen) atoms. The van der Waals surface area contributed by atoms with Crippen molar-refractivity contribution in [1.82, 2.24) is 15.2 Å². The molecule has 0 saturated heterocycles. The van der Waals surface area contributed by atoms with Gasteiger partial charge in [0.25, 0.3) is 0 Å². The van der Waals surface area contributed by atoms with Gasteiger partial charge >= 0.3 is 6.03 Å². The summed E-state index contributed by atoms with van der Waals surface area (Å²) in [5.41, 5.74) is 5.32. The van der Waals surface area contributed by atoms with Crippen LogP contribution in [0.25, 0.3) is 10.9 Å². The average molecular weight is 527 g/mol. The number of amides is 2. The molecule has 2 heterocycles. The summed E-state index contributed by atoms with van der Waals surface area (Å²) in [6.45, 7) is 2.12. The predicted octanol–water partition coefficient (Wildman–Crippen LogP) is 5.22. The molecule has 1 aliphatic heterocycles. The Hall–Kier alpha value is -4.30. The molecule has 4 aromatic rings. The van der Waals surface area contributed by atoms with Gasteiger partial charge in [0.1, 0.15) is 5.75 Å². The summed E-state index contributed by atoms with van der Waals surface area (Å²) < 4.78 is 16.5. The number of rotatable bonds is 9. The maximum atomic E-state index is 12.8. The molecular formula is C31H34N4O4. The Bertz CT molecular complexity index is 1450. The first-order chi connectivity index (χ1) is 19.1. The molecule has 0 spiro atoms. The number of carbonyl (C=O) groups excluding carboxylic acids is 1. The molecule has 8 nitrogen and oxygen atoms in total. The third kappa shape index (κ3) is 5.91. The van der Waals surface area contributed by atoms with E-state index in [2.05, 4.69) is 38.7 Å². The van der Waals surface area contributed by atoms with Crippen molar-refractivity contribution in [2.45, 2.75) is 18.9 Å². The predicted molar refractivity (Wildman–Crippen MR) is 153 cm³/mol. The minimum atomic E-state index is -0.232. The maximum absolute atomic E-state index is 12.8. The van der Waals surface area contributed by atoms with Gasteiger partial charge < -0.3 is 24.8 Å². The number of aromatic nitrogens is 1. The Morgan fingerprint density at radius 3 is 2.64 bits per heavy atom. The van der Waals surface area contributed by atoms with E-state index in [0.29, 0.717) is 24.6 Å². The first-order valence-electron chi connectivity index (χ1n) is 13.1. The first kappa shape index (κ1) is 26.3. The number of methoxy groups -OCH3 is 3. The van der Waals surface area contributed by atoms with Crippen LogP contribution in [0.1, 0.15) is 22.7 Å². The summed E-state index contributed by atoms with van der Waals surface area (Å²) in [7, 11) is 5.00. The highest BCUT2D eigenvalue weighted by Crippen LogP contribution is 2.36. The van der Waals surface area contributed by atoms with Gasteiger partial charge in [-0.15, -0.1) is 0 Å². The van der Waals surface area contributed by atoms with Gasteiger partial charge in [-0.3, -0.25) is 9.88 Å². The molecule has 8 heteroatoms. The van der Waals surface area contributed by atoms with Crippen molar-refractivity contribution < 1.29 is 19.0 Å². The van der Waals surface area contributed by atoms with Crippen LogP contribution in [0.5, 0.6) is 17.2 Å². The minimum absolute atomic E-state index is 0.145. The number of fused-ring (bicyclic) bond motifs is 2. The number of carbonyl (C=O) groups is 1. The van der Waals surface area contributed by atoms with Crippen LogP contribution in [0.15, 0.2) is 72.9 Å². The number of ether oxygens (including phenoxy) is 3. The lowest BCUT2D eigenvalue weighted by Crippen LogP contribution is -2.42. The summed E-state index contributed by atoms with van der Waals surface area (Å²) in [4.78, 5) is 19.6. The average Bonchev–Trinajstić information content (AvgIpc) is 2.97. The largest absolute Gasteiger partial charge is 0.497 e. The van der Waals surface area contributed by atoms with Gasteiger partial charge in [-0.2, -0.15) is 0 Å². The lowest BCUT2D eigenvalue weighted by molar-refractivity contribution is 0.184. The number of hydrogen-bond donors (Lipinski definition) is 2. The molecule has 0 saturated carbocycles. The Balaban J connectivity index is 1.29. The molecule has 1 aromatic heterocycles. The van der Waals surface area contributed by atoms with Gasteiger partial charge in [0.2, 0.25) is 0 Å². The molecule has 0 radical (unpaired) electrons. The van der Waals surface area contributed by atoms with Crippen molar-refractivity contribution in [2.75, 3.05) is 46.3 Å². The smallest absolute Gasteiger partial charge is 0.319 e. The Kier molecular flexibility index (Phi) is 8.13. The highest BCUT2D eigenvalue weighted by atomic mass is 16.5. The number of para-hydroxylation sites is 1. The summed E-state index contributed by atoms with van der Waals surface area (Å²) in [6.07, 6.45) is 3.43. The topological polar surface area (TPSA) is 85.0 Å². The molecule has 0 fully saturated rings. The summed E-state index contributed by atoms with van der Waals surface area (Å²) in [5, 5.41) is 6.92. The van der Waals surface area contributed by atoms with Gasteiger partial charge in [-0.05, 0) is 65.9 Å². The molecule has 1 atom stereocenters. The van der Waals surface area contributed by atoms with Gasteiger partial charge in [-0.1, -0.05) is 30.3 Å². The molecule has 0 bridgehead atoms. The van der Waals surface area contributed by atoms with Gasteiger partial charge in [0.05, 0.1) is 32.5 Å². The van der Waals surface area contributed by atoms with Crippen LogP contribution in [-0.4, -0.2) is 56.9 Å². The molecule has 1 aliphatic rings. The molecule has 202 valence electrons. The van der Waals surface area contributed by atoms with E-state index in [1.54, 1.807) is 27.5 Å². The molecule has 2 N–H and O–H groups in total. The van der Waals surface area contributed by atoms with Crippen LogP contribution >= 0.6 is 0 Å². The zero-order valence-electron chi connectivity index (χ0n) is 22.6. The third-order valence-electron chi connectivity index (χ3n) is 7.28. The second-order valence-corrected chi connectivity index (χ2v) is 9.52. The van der Waals surface area contributed by atoms with Crippen molar-refractivity contribution in [3.63, 3.8) is 0 Å². The van der Waals surface area contributed by atoms with Crippen molar-refractivity contribution in [3.05, 3.63) is 89.6 Å². The van der Waals surface area contributed by atoms with E-state index in [1.807, 2.05) is 48.5 Å². The summed E-state index contributed by atoms with van der Waals surface area (Å²) in [6, 6.07) is 21.9. The van der Waals surface area contributed by atoms with Crippen LogP contribution in [0, 0.1) is 0 Å². The number of nitrogens with one attached hydrogen (secondary N) is 2. The normalized spacial score (nSPS) is 14.9. The van der Waals surface area contributed by atoms with Crippen LogP contribution < -0.4 is 24.8 Å². The van der Waals surface area contributed by atoms with Gasteiger partial charge in [0.15, 0.2) is 11.5 Å². The SMILES string of the molecule is COc1ccc2c(c1)CCN(CCNC(=O)Nc1ccnc3ccccc13)C2Cc1ccc(OC)c(OC)c1. The third-order valence-corrected chi connectivity index (χ3v) is 7.28. The lowest BCUT2D eigenvalue weighted by Gasteiger charge is -2.38. The Morgan fingerprint density at radius 1 is 0.974 bits per heavy atom. The Morgan fingerprint density at radius 2 is 1.82 bits per heavy atom. The molecule has 5 rings (SSSR count). The molecule has 2 amide bonds. The van der Waals surface area contributed by atoms with E-state index in [4.69, 9.17) is 14.2 Å². The minimum Gasteiger partial charge on any atom is -0.497 e. The van der Waals surface area contributed by atoms with E-state index in [9.17, 15) is 4.79 Å². The fourth-order valence-corrected chi connectivity index (χ4v) is 5.29. The second-order valence-electron chi connectivity index (χ2n) is 9.52. The number of hydrogen-bond acceptors (Lipinski definition) is 6. The highest BCUT2D eigenvalue weighted by Gasteiger charge is 2.28. The molecular weight excluding hydrogens is 492 g/mol. The van der Waals surface area contributed by atoms with Crippen LogP contribution in [0.2, 0.25) is 0 Å². The summed E-state index contributed by atoms with van der Waals surface area (Å²) in [5.74, 6) is 2.30. The number of pyridine rings is 1. The number of urea groups is 1. The standard InChI is InChI=1S/C31H34N4O4/c1-37-23-9-10-24-22(20-23)13-16-35(28(24)18-21-8-11-29(38-2)30(19-21)39-3)17-15-33-31(36)34-27-12-14-32-26-7-5-4-6-25(26)27/h4-12,14,19-20,28H,13,15-18H2,1-3H3,(H2,32,33,34,36). The van der Waals surface area contributed by atoms with Crippen molar-refractivity contribution in [1.29, 1.82) is 0 Å². The van der Waals surface area contributed by atoms with Crippen LogP contribution in [-0.2, 0) is 12.8 Å². The Labute approximate surface area is 228 Å². The quantitative estimate of drug-likeness (QED) is 0.311. The van der Waals surface area contributed by atoms with Crippen molar-refractivity contribution >= 4 is 22.6 Å². The van der Waals surface area contributed by atoms with Gasteiger partial charge in [0, 0.05) is 37.3 Å². The first-order valence-corrected chi connectivity index (χ1v) is 13.1. The number of nitrogens with zero attached hydrogens (tertiary/aromatic N) is 2. The lowest BCUT2D eigenvalue weighted by atomic mass is 9.88. The zero-order valence-corrected chi connectivity index (χ0v) is 22.6. The molecule has 3 aromatic carbocycles. The monoisotopic (exact) mass is 526 g/mol. The van der Waals surface area contributed by atoms with Gasteiger partial charge in [-0.25, -0.2) is 4.79 Å².